The van der Waals surface area contributed by atoms with Crippen molar-refractivity contribution in [3.63, 3.8) is 0 Å². The van der Waals surface area contributed by atoms with Gasteiger partial charge in [-0.2, -0.15) is 5.26 Å². The molecule has 1 aromatic carbocycles. The van der Waals surface area contributed by atoms with Gasteiger partial charge in [0.1, 0.15) is 11.6 Å². The van der Waals surface area contributed by atoms with Crippen LogP contribution in [0.2, 0.25) is 0 Å². The molecule has 0 aliphatic rings. The Bertz CT molecular complexity index is 662. The van der Waals surface area contributed by atoms with Crippen molar-refractivity contribution in [2.24, 2.45) is 4.99 Å². The maximum absolute atomic E-state index is 9.06. The molecular formula is C15H15N5S. The van der Waals surface area contributed by atoms with E-state index >= 15 is 0 Å². The zero-order valence-electron chi connectivity index (χ0n) is 11.9. The number of nitrogens with zero attached hydrogens (tertiary/aromatic N) is 5. The molecular weight excluding hydrogens is 282 g/mol. The average Bonchev–Trinajstić information content (AvgIpc) is 2.52. The number of thioether (sulfide) groups is 1. The highest BCUT2D eigenvalue weighted by Gasteiger charge is 2.06. The molecule has 0 saturated carbocycles. The third-order valence-corrected chi connectivity index (χ3v) is 3.42. The molecule has 2 rings (SSSR count). The number of aromatic nitrogens is 2. The second-order valence-corrected chi connectivity index (χ2v) is 5.43. The van der Waals surface area contributed by atoms with Crippen LogP contribution in [0.4, 0.5) is 5.82 Å². The van der Waals surface area contributed by atoms with E-state index in [1.54, 1.807) is 11.2 Å². The van der Waals surface area contributed by atoms with Crippen LogP contribution in [0.3, 0.4) is 0 Å². The Kier molecular flexibility index (Phi) is 5.29. The smallest absolute Gasteiger partial charge is 0.189 e. The van der Waals surface area contributed by atoms with Gasteiger partial charge in [0.2, 0.25) is 0 Å². The van der Waals surface area contributed by atoms with Crippen LogP contribution >= 0.6 is 11.8 Å². The third kappa shape index (κ3) is 4.58. The van der Waals surface area contributed by atoms with Crippen molar-refractivity contribution in [2.45, 2.75) is 10.9 Å². The topological polar surface area (TPSA) is 65.2 Å². The van der Waals surface area contributed by atoms with Crippen LogP contribution in [-0.2, 0) is 5.75 Å². The van der Waals surface area contributed by atoms with Gasteiger partial charge in [0.15, 0.2) is 11.0 Å². The largest absolute Gasteiger partial charge is 0.369 e. The minimum atomic E-state index is 0.372. The van der Waals surface area contributed by atoms with Crippen molar-refractivity contribution in [3.05, 3.63) is 47.7 Å². The lowest BCUT2D eigenvalue weighted by atomic mass is 10.2. The Morgan fingerprint density at radius 3 is 2.76 bits per heavy atom. The SMILES string of the molecule is CN(C)C=Nc1nc(SCc2ccccc2)ncc1C#N. The predicted molar refractivity (Wildman–Crippen MR) is 84.6 cm³/mol. The van der Waals surface area contributed by atoms with Crippen LogP contribution < -0.4 is 0 Å². The minimum Gasteiger partial charge on any atom is -0.369 e. The highest BCUT2D eigenvalue weighted by Crippen LogP contribution is 2.22. The number of benzene rings is 1. The molecule has 2 aromatic rings. The first kappa shape index (κ1) is 15.0. The van der Waals surface area contributed by atoms with Gasteiger partial charge >= 0.3 is 0 Å². The summed E-state index contributed by atoms with van der Waals surface area (Å²) in [6, 6.07) is 12.2. The van der Waals surface area contributed by atoms with Crippen molar-refractivity contribution in [2.75, 3.05) is 14.1 Å². The molecule has 5 nitrogen and oxygen atoms in total. The van der Waals surface area contributed by atoms with E-state index in [2.05, 4.69) is 33.2 Å². The molecule has 1 heterocycles. The number of hydrogen-bond acceptors (Lipinski definition) is 5. The number of hydrogen-bond donors (Lipinski definition) is 0. The van der Waals surface area contributed by atoms with Gasteiger partial charge in [0.25, 0.3) is 0 Å². The predicted octanol–water partition coefficient (Wildman–Crippen LogP) is 2.86. The molecule has 6 heteroatoms. The van der Waals surface area contributed by atoms with Crippen LogP contribution in [0, 0.1) is 11.3 Å². The maximum Gasteiger partial charge on any atom is 0.189 e. The normalized spacial score (nSPS) is 10.5. The van der Waals surface area contributed by atoms with E-state index in [0.717, 1.165) is 5.75 Å². The van der Waals surface area contributed by atoms with E-state index in [4.69, 9.17) is 5.26 Å². The molecule has 106 valence electrons. The van der Waals surface area contributed by atoms with E-state index < -0.39 is 0 Å². The minimum absolute atomic E-state index is 0.372. The van der Waals surface area contributed by atoms with Crippen molar-refractivity contribution in [3.8, 4) is 6.07 Å². The second-order valence-electron chi connectivity index (χ2n) is 4.48. The number of aliphatic imine (C=N–C) groups is 1. The van der Waals surface area contributed by atoms with Gasteiger partial charge in [0, 0.05) is 19.8 Å². The van der Waals surface area contributed by atoms with Crippen LogP contribution in [0.5, 0.6) is 0 Å². The molecule has 0 fully saturated rings. The molecule has 0 saturated heterocycles. The average molecular weight is 297 g/mol. The fraction of sp³-hybridized carbons (Fsp3) is 0.200. The molecule has 0 radical (unpaired) electrons. The molecule has 0 aliphatic carbocycles. The quantitative estimate of drug-likeness (QED) is 0.367. The zero-order chi connectivity index (χ0) is 15.1. The van der Waals surface area contributed by atoms with E-state index in [0.29, 0.717) is 16.5 Å². The molecule has 0 N–H and O–H groups in total. The molecule has 0 atom stereocenters. The molecule has 1 aromatic heterocycles. The van der Waals surface area contributed by atoms with Gasteiger partial charge in [-0.05, 0) is 5.56 Å². The van der Waals surface area contributed by atoms with E-state index in [-0.39, 0.29) is 0 Å². The lowest BCUT2D eigenvalue weighted by molar-refractivity contribution is 0.642. The summed E-state index contributed by atoms with van der Waals surface area (Å²) in [4.78, 5) is 14.5. The number of rotatable bonds is 5. The summed E-state index contributed by atoms with van der Waals surface area (Å²) in [6.07, 6.45) is 3.14. The summed E-state index contributed by atoms with van der Waals surface area (Å²) < 4.78 is 0. The first-order chi connectivity index (χ1) is 10.2. The Morgan fingerprint density at radius 2 is 2.10 bits per heavy atom. The molecule has 0 amide bonds. The fourth-order valence-electron chi connectivity index (χ4n) is 1.50. The Balaban J connectivity index is 2.14. The van der Waals surface area contributed by atoms with Gasteiger partial charge < -0.3 is 4.90 Å². The van der Waals surface area contributed by atoms with Gasteiger partial charge in [-0.25, -0.2) is 15.0 Å². The first-order valence-corrected chi connectivity index (χ1v) is 7.32. The fourth-order valence-corrected chi connectivity index (χ4v) is 2.26. The van der Waals surface area contributed by atoms with Crippen LogP contribution in [0.15, 0.2) is 46.7 Å². The van der Waals surface area contributed by atoms with Crippen LogP contribution in [0.25, 0.3) is 0 Å². The van der Waals surface area contributed by atoms with Crippen molar-refractivity contribution >= 4 is 23.9 Å². The monoisotopic (exact) mass is 297 g/mol. The summed E-state index contributed by atoms with van der Waals surface area (Å²) in [7, 11) is 3.73. The van der Waals surface area contributed by atoms with Crippen LogP contribution in [-0.4, -0.2) is 35.3 Å². The molecule has 21 heavy (non-hydrogen) atoms. The zero-order valence-corrected chi connectivity index (χ0v) is 12.7. The lowest BCUT2D eigenvalue weighted by Gasteiger charge is -2.04. The standard InChI is InChI=1S/C15H15N5S/c1-20(2)11-18-14-13(8-16)9-17-15(19-14)21-10-12-6-4-3-5-7-12/h3-7,9,11H,10H2,1-2H3. The summed E-state index contributed by atoms with van der Waals surface area (Å²) in [6.45, 7) is 0. The van der Waals surface area contributed by atoms with Gasteiger partial charge in [-0.1, -0.05) is 42.1 Å². The molecule has 0 bridgehead atoms. The summed E-state index contributed by atoms with van der Waals surface area (Å²) in [5.74, 6) is 1.18. The maximum atomic E-state index is 9.06. The number of nitriles is 1. The van der Waals surface area contributed by atoms with Gasteiger partial charge in [-0.3, -0.25) is 0 Å². The lowest BCUT2D eigenvalue weighted by Crippen LogP contribution is -2.07. The van der Waals surface area contributed by atoms with Crippen molar-refractivity contribution in [1.29, 1.82) is 5.26 Å². The molecule has 0 aliphatic heterocycles. The first-order valence-electron chi connectivity index (χ1n) is 6.33. The van der Waals surface area contributed by atoms with Gasteiger partial charge in [-0.15, -0.1) is 0 Å². The molecule has 0 spiro atoms. The van der Waals surface area contributed by atoms with Crippen molar-refractivity contribution in [1.82, 2.24) is 14.9 Å². The molecule has 0 unspecified atom stereocenters. The highest BCUT2D eigenvalue weighted by molar-refractivity contribution is 7.98. The Labute approximate surface area is 128 Å². The third-order valence-electron chi connectivity index (χ3n) is 2.49. The van der Waals surface area contributed by atoms with Crippen LogP contribution in [0.1, 0.15) is 11.1 Å². The van der Waals surface area contributed by atoms with E-state index in [1.807, 2.05) is 32.3 Å². The summed E-state index contributed by atoms with van der Waals surface area (Å²) >= 11 is 1.52. The summed E-state index contributed by atoms with van der Waals surface area (Å²) in [5.41, 5.74) is 1.57. The van der Waals surface area contributed by atoms with Crippen molar-refractivity contribution < 1.29 is 0 Å². The summed E-state index contributed by atoms with van der Waals surface area (Å²) in [5, 5.41) is 9.67. The van der Waals surface area contributed by atoms with E-state index in [9.17, 15) is 0 Å². The second kappa shape index (κ2) is 7.41. The highest BCUT2D eigenvalue weighted by atomic mass is 32.2. The Morgan fingerprint density at radius 1 is 1.33 bits per heavy atom. The Hall–Kier alpha value is -2.39. The van der Waals surface area contributed by atoms with Gasteiger partial charge in [0.05, 0.1) is 12.5 Å². The van der Waals surface area contributed by atoms with E-state index in [1.165, 1.54) is 23.5 Å².